The number of methoxy groups -OCH3 is 3. The Kier molecular flexibility index (Phi) is 9.79. The van der Waals surface area contributed by atoms with Gasteiger partial charge in [-0.1, -0.05) is 39.0 Å². The second-order valence-corrected chi connectivity index (χ2v) is 8.33. The molecule has 2 saturated heterocycles. The molecule has 0 spiro atoms. The minimum absolute atomic E-state index is 0.0129. The second kappa shape index (κ2) is 11.6. The van der Waals surface area contributed by atoms with Crippen LogP contribution in [-0.4, -0.2) is 69.3 Å². The maximum atomic E-state index is 10.7. The first kappa shape index (κ1) is 24.5. The van der Waals surface area contributed by atoms with Crippen LogP contribution in [0.25, 0.3) is 0 Å². The van der Waals surface area contributed by atoms with Gasteiger partial charge in [-0.3, -0.25) is 0 Å². The van der Waals surface area contributed by atoms with Gasteiger partial charge in [0.25, 0.3) is 0 Å². The van der Waals surface area contributed by atoms with E-state index in [2.05, 4.69) is 13.8 Å². The predicted molar refractivity (Wildman–Crippen MR) is 113 cm³/mol. The molecule has 2 heterocycles. The van der Waals surface area contributed by atoms with Gasteiger partial charge in [0.1, 0.15) is 12.2 Å². The number of aliphatic hydroxyl groups is 1. The van der Waals surface area contributed by atoms with E-state index in [0.717, 1.165) is 24.8 Å². The van der Waals surface area contributed by atoms with Crippen molar-refractivity contribution in [2.45, 2.75) is 89.9 Å². The van der Waals surface area contributed by atoms with Crippen LogP contribution < -0.4 is 0 Å². The molecule has 1 N–H and O–H groups in total. The van der Waals surface area contributed by atoms with E-state index in [4.69, 9.17) is 23.7 Å². The molecule has 29 heavy (non-hydrogen) atoms. The molecule has 0 aromatic rings. The molecule has 0 radical (unpaired) electrons. The smallest absolute Gasteiger partial charge is 0.158 e. The molecule has 0 bridgehead atoms. The predicted octanol–water partition coefficient (Wildman–Crippen LogP) is 3.48. The SMILES string of the molecule is CC[C@H](OC)[C@@H](C)[C@H]1O[C@@H]1[C@H](O)[C@@H](C)/C=C/C=C(\C)[C@H]1O[C@@H](OC)CC[C@H]1OC. The van der Waals surface area contributed by atoms with Gasteiger partial charge in [-0.15, -0.1) is 0 Å². The van der Waals surface area contributed by atoms with Crippen LogP contribution in [0.2, 0.25) is 0 Å². The van der Waals surface area contributed by atoms with E-state index in [9.17, 15) is 5.11 Å². The summed E-state index contributed by atoms with van der Waals surface area (Å²) in [6.45, 7) is 8.29. The van der Waals surface area contributed by atoms with E-state index in [1.54, 1.807) is 21.3 Å². The summed E-state index contributed by atoms with van der Waals surface area (Å²) in [4.78, 5) is 0. The van der Waals surface area contributed by atoms with Crippen molar-refractivity contribution in [1.82, 2.24) is 0 Å². The fraction of sp³-hybridized carbons (Fsp3) is 0.826. The van der Waals surface area contributed by atoms with Crippen molar-refractivity contribution in [3.8, 4) is 0 Å². The molecule has 2 rings (SSSR count). The Bertz CT molecular complexity index is 543. The largest absolute Gasteiger partial charge is 0.390 e. The highest BCUT2D eigenvalue weighted by atomic mass is 16.7. The quantitative estimate of drug-likeness (QED) is 0.414. The van der Waals surface area contributed by atoms with Gasteiger partial charge in [-0.25, -0.2) is 0 Å². The summed E-state index contributed by atoms with van der Waals surface area (Å²) in [5, 5.41) is 10.7. The van der Waals surface area contributed by atoms with Gasteiger partial charge in [0.2, 0.25) is 0 Å². The Morgan fingerprint density at radius 1 is 1.10 bits per heavy atom. The van der Waals surface area contributed by atoms with Crippen LogP contribution in [0.4, 0.5) is 0 Å². The molecule has 0 aromatic carbocycles. The lowest BCUT2D eigenvalue weighted by Gasteiger charge is -2.35. The number of ether oxygens (including phenoxy) is 5. The van der Waals surface area contributed by atoms with Crippen molar-refractivity contribution in [2.24, 2.45) is 11.8 Å². The number of rotatable bonds is 11. The third kappa shape index (κ3) is 6.36. The lowest BCUT2D eigenvalue weighted by molar-refractivity contribution is -0.205. The zero-order valence-electron chi connectivity index (χ0n) is 19.0. The summed E-state index contributed by atoms with van der Waals surface area (Å²) < 4.78 is 28.3. The first-order valence-corrected chi connectivity index (χ1v) is 10.8. The fourth-order valence-corrected chi connectivity index (χ4v) is 4.28. The summed E-state index contributed by atoms with van der Waals surface area (Å²) in [5.41, 5.74) is 1.08. The maximum absolute atomic E-state index is 10.7. The van der Waals surface area contributed by atoms with Gasteiger partial charge in [-0.05, 0) is 25.3 Å². The number of hydrogen-bond donors (Lipinski definition) is 1. The molecule has 0 aromatic heterocycles. The van der Waals surface area contributed by atoms with Gasteiger partial charge >= 0.3 is 0 Å². The topological polar surface area (TPSA) is 69.7 Å². The zero-order valence-corrected chi connectivity index (χ0v) is 19.0. The van der Waals surface area contributed by atoms with Crippen molar-refractivity contribution in [3.05, 3.63) is 23.8 Å². The molecule has 2 aliphatic rings. The first-order chi connectivity index (χ1) is 13.9. The number of epoxide rings is 1. The van der Waals surface area contributed by atoms with Crippen molar-refractivity contribution < 1.29 is 28.8 Å². The average Bonchev–Trinajstić information content (AvgIpc) is 3.54. The van der Waals surface area contributed by atoms with Gasteiger partial charge in [-0.2, -0.15) is 0 Å². The molecule has 0 unspecified atom stereocenters. The van der Waals surface area contributed by atoms with E-state index in [1.807, 2.05) is 32.1 Å². The number of hydrogen-bond acceptors (Lipinski definition) is 6. The minimum atomic E-state index is -0.530. The average molecular weight is 413 g/mol. The number of allylic oxidation sites excluding steroid dienone is 2. The molecule has 0 aliphatic carbocycles. The van der Waals surface area contributed by atoms with E-state index < -0.39 is 6.10 Å². The highest BCUT2D eigenvalue weighted by molar-refractivity contribution is 5.18. The monoisotopic (exact) mass is 412 g/mol. The first-order valence-electron chi connectivity index (χ1n) is 10.8. The summed E-state index contributed by atoms with van der Waals surface area (Å²) in [7, 11) is 5.12. The van der Waals surface area contributed by atoms with E-state index in [0.29, 0.717) is 0 Å². The summed E-state index contributed by atoms with van der Waals surface area (Å²) in [6, 6.07) is 0. The standard InChI is InChI=1S/C23H40O6/c1-8-17(25-5)16(4)22-23(29-22)20(24)14(2)10-9-11-15(3)21-18(26-6)12-13-19(27-7)28-21/h9-11,14,16-24H,8,12-13H2,1-7H3/b10-9+,15-11+/t14-,16+,17-,18+,19+,20+,21+,22+,23+/m0/s1. The van der Waals surface area contributed by atoms with Gasteiger partial charge in [0, 0.05) is 39.6 Å². The van der Waals surface area contributed by atoms with Gasteiger partial charge < -0.3 is 28.8 Å². The van der Waals surface area contributed by atoms with E-state index >= 15 is 0 Å². The Hall–Kier alpha value is -0.760. The van der Waals surface area contributed by atoms with Crippen molar-refractivity contribution >= 4 is 0 Å². The van der Waals surface area contributed by atoms with Crippen LogP contribution in [0.1, 0.15) is 47.0 Å². The molecule has 0 amide bonds. The number of aliphatic hydroxyl groups excluding tert-OH is 1. The summed E-state index contributed by atoms with van der Waals surface area (Å²) in [5.74, 6) is 0.257. The van der Waals surface area contributed by atoms with E-state index in [-0.39, 0.29) is 48.6 Å². The van der Waals surface area contributed by atoms with Crippen LogP contribution in [-0.2, 0) is 23.7 Å². The third-order valence-electron chi connectivity index (χ3n) is 6.36. The Morgan fingerprint density at radius 3 is 2.41 bits per heavy atom. The maximum Gasteiger partial charge on any atom is 0.158 e. The van der Waals surface area contributed by atoms with Crippen LogP contribution in [0.5, 0.6) is 0 Å². The highest BCUT2D eigenvalue weighted by Gasteiger charge is 2.50. The molecule has 0 saturated carbocycles. The molecule has 2 fully saturated rings. The Balaban J connectivity index is 1.90. The minimum Gasteiger partial charge on any atom is -0.390 e. The third-order valence-corrected chi connectivity index (χ3v) is 6.36. The molecule has 6 heteroatoms. The molecule has 6 nitrogen and oxygen atoms in total. The molecule has 9 atom stereocenters. The van der Waals surface area contributed by atoms with Crippen molar-refractivity contribution in [3.63, 3.8) is 0 Å². The summed E-state index contributed by atoms with van der Waals surface area (Å²) in [6.07, 6.45) is 8.00. The van der Waals surface area contributed by atoms with Crippen molar-refractivity contribution in [2.75, 3.05) is 21.3 Å². The van der Waals surface area contributed by atoms with Gasteiger partial charge in [0.15, 0.2) is 6.29 Å². The van der Waals surface area contributed by atoms with E-state index in [1.165, 1.54) is 0 Å². The normalized spacial score (nSPS) is 34.8. The molecular formula is C23H40O6. The molecular weight excluding hydrogens is 372 g/mol. The fourth-order valence-electron chi connectivity index (χ4n) is 4.28. The Labute approximate surface area is 176 Å². The zero-order chi connectivity index (χ0) is 21.6. The second-order valence-electron chi connectivity index (χ2n) is 8.33. The highest BCUT2D eigenvalue weighted by Crippen LogP contribution is 2.37. The summed E-state index contributed by atoms with van der Waals surface area (Å²) >= 11 is 0. The van der Waals surface area contributed by atoms with Crippen LogP contribution >= 0.6 is 0 Å². The van der Waals surface area contributed by atoms with Crippen LogP contribution in [0.15, 0.2) is 23.8 Å². The Morgan fingerprint density at radius 2 is 1.83 bits per heavy atom. The van der Waals surface area contributed by atoms with Crippen LogP contribution in [0.3, 0.4) is 0 Å². The lowest BCUT2D eigenvalue weighted by atomic mass is 9.91. The van der Waals surface area contributed by atoms with Gasteiger partial charge in [0.05, 0.1) is 24.4 Å². The van der Waals surface area contributed by atoms with Crippen molar-refractivity contribution in [1.29, 1.82) is 0 Å². The lowest BCUT2D eigenvalue weighted by Crippen LogP contribution is -2.41. The molecule has 2 aliphatic heterocycles. The van der Waals surface area contributed by atoms with Crippen LogP contribution in [0, 0.1) is 11.8 Å². The molecule has 168 valence electrons.